The molecule has 11 nitrogen and oxygen atoms in total. The van der Waals surface area contributed by atoms with Gasteiger partial charge in [0, 0.05) is 18.4 Å². The molecule has 0 saturated carbocycles. The molecular formula is C26H28ClF2N4O7-. The number of benzene rings is 2. The minimum absolute atomic E-state index is 0.124. The SMILES string of the molecule is CC(NC(=O)c1ccc(N)c(Cl)c1)C(=O)N1CC(F)(F)CC1C(=O)O.[NH-]C1CC(=O)OC1OCc1ccccc1. The zero-order valence-electron chi connectivity index (χ0n) is 21.3. The molecule has 2 aromatic rings. The molecule has 2 amide bonds. The van der Waals surface area contributed by atoms with Crippen molar-refractivity contribution < 1.29 is 42.5 Å². The fourth-order valence-corrected chi connectivity index (χ4v) is 4.15. The third kappa shape index (κ3) is 8.10. The van der Waals surface area contributed by atoms with Gasteiger partial charge in [0.1, 0.15) is 12.1 Å². The number of ether oxygens (including phenoxy) is 2. The quantitative estimate of drug-likeness (QED) is 0.330. The van der Waals surface area contributed by atoms with E-state index >= 15 is 0 Å². The van der Waals surface area contributed by atoms with Gasteiger partial charge in [-0.25, -0.2) is 13.6 Å². The van der Waals surface area contributed by atoms with Crippen LogP contribution in [0.3, 0.4) is 0 Å². The van der Waals surface area contributed by atoms with E-state index < -0.39 is 61.1 Å². The number of carboxylic acids is 1. The van der Waals surface area contributed by atoms with E-state index in [0.717, 1.165) is 5.56 Å². The number of carboxylic acid groups (broad SMARTS) is 1. The van der Waals surface area contributed by atoms with E-state index in [-0.39, 0.29) is 28.7 Å². The normalized spacial score (nSPS) is 22.1. The van der Waals surface area contributed by atoms with Crippen LogP contribution in [0.2, 0.25) is 5.02 Å². The topological polar surface area (TPSA) is 172 Å². The monoisotopic (exact) mass is 581 g/mol. The summed E-state index contributed by atoms with van der Waals surface area (Å²) in [6.45, 7) is 0.652. The van der Waals surface area contributed by atoms with Gasteiger partial charge < -0.3 is 36.3 Å². The van der Waals surface area contributed by atoms with Gasteiger partial charge in [-0.1, -0.05) is 48.0 Å². The van der Waals surface area contributed by atoms with Crippen molar-refractivity contribution >= 4 is 41.0 Å². The maximum Gasteiger partial charge on any atom is 0.326 e. The van der Waals surface area contributed by atoms with Crippen LogP contribution in [0.1, 0.15) is 35.7 Å². The zero-order valence-corrected chi connectivity index (χ0v) is 22.1. The van der Waals surface area contributed by atoms with Crippen molar-refractivity contribution in [1.82, 2.24) is 10.2 Å². The maximum atomic E-state index is 13.5. The molecule has 5 N–H and O–H groups in total. The summed E-state index contributed by atoms with van der Waals surface area (Å²) < 4.78 is 37.1. The van der Waals surface area contributed by atoms with E-state index in [2.05, 4.69) is 5.32 Å². The highest BCUT2D eigenvalue weighted by molar-refractivity contribution is 6.33. The lowest BCUT2D eigenvalue weighted by molar-refractivity contribution is -0.165. The minimum Gasteiger partial charge on any atom is -0.669 e. The summed E-state index contributed by atoms with van der Waals surface area (Å²) in [5, 5.41) is 11.5. The predicted molar refractivity (Wildman–Crippen MR) is 139 cm³/mol. The summed E-state index contributed by atoms with van der Waals surface area (Å²) in [6.07, 6.45) is -1.54. The lowest BCUT2D eigenvalue weighted by Crippen LogP contribution is -2.50. The number of carbonyl (C=O) groups excluding carboxylic acids is 3. The van der Waals surface area contributed by atoms with Crippen molar-refractivity contribution in [3.8, 4) is 0 Å². The van der Waals surface area contributed by atoms with Crippen LogP contribution in [-0.4, -0.2) is 70.6 Å². The molecular weight excluding hydrogens is 554 g/mol. The molecule has 4 rings (SSSR count). The third-order valence-corrected chi connectivity index (χ3v) is 6.37. The molecule has 2 heterocycles. The number of hydrogen-bond donors (Lipinski definition) is 3. The minimum atomic E-state index is -3.28. The van der Waals surface area contributed by atoms with Crippen molar-refractivity contribution in [3.05, 3.63) is 70.4 Å². The number of hydrogen-bond acceptors (Lipinski definition) is 7. The van der Waals surface area contributed by atoms with Gasteiger partial charge in [0.2, 0.25) is 5.91 Å². The van der Waals surface area contributed by atoms with Crippen LogP contribution in [0.4, 0.5) is 14.5 Å². The molecule has 0 aromatic heterocycles. The number of alkyl halides is 2. The van der Waals surface area contributed by atoms with E-state index in [1.807, 2.05) is 30.3 Å². The standard InChI is InChI=1S/C15H16ClF2N3O4.C11H12NO3/c1-7(20-12(22)8-2-3-10(19)9(16)4-8)13(23)21-6-15(17,18)5-11(21)14(24)25;12-9-6-10(13)15-11(9)14-7-8-4-2-1-3-5-8/h2-4,7,11H,5-6,19H2,1H3,(H,20,22)(H,24,25);1-5,9,11-12H,6-7H2/q;-1. The Kier molecular flexibility index (Phi) is 10.0. The van der Waals surface area contributed by atoms with Gasteiger partial charge in [0.15, 0.2) is 6.29 Å². The number of nitrogens with two attached hydrogens (primary N) is 1. The summed E-state index contributed by atoms with van der Waals surface area (Å²) >= 11 is 5.82. The third-order valence-electron chi connectivity index (χ3n) is 6.04. The maximum absolute atomic E-state index is 13.5. The van der Waals surface area contributed by atoms with Crippen molar-refractivity contribution in [3.63, 3.8) is 0 Å². The van der Waals surface area contributed by atoms with Crippen molar-refractivity contribution in [2.45, 2.75) is 56.7 Å². The number of nitrogens with zero attached hydrogens (tertiary/aromatic N) is 1. The van der Waals surface area contributed by atoms with Crippen LogP contribution in [-0.2, 0) is 30.5 Å². The summed E-state index contributed by atoms with van der Waals surface area (Å²) in [7, 11) is 0. The van der Waals surface area contributed by atoms with Crippen molar-refractivity contribution in [2.24, 2.45) is 0 Å². The number of carbonyl (C=O) groups is 4. The summed E-state index contributed by atoms with van der Waals surface area (Å²) in [4.78, 5) is 47.0. The Bertz CT molecular complexity index is 1250. The Hall–Kier alpha value is -3.81. The fourth-order valence-electron chi connectivity index (χ4n) is 3.97. The van der Waals surface area contributed by atoms with E-state index in [0.29, 0.717) is 11.5 Å². The Balaban J connectivity index is 0.000000249. The molecule has 216 valence electrons. The average Bonchev–Trinajstić information content (AvgIpc) is 3.41. The van der Waals surface area contributed by atoms with Crippen molar-refractivity contribution in [1.29, 1.82) is 0 Å². The molecule has 4 atom stereocenters. The highest BCUT2D eigenvalue weighted by Gasteiger charge is 2.50. The summed E-state index contributed by atoms with van der Waals surface area (Å²) in [6, 6.07) is 10.3. The molecule has 2 aromatic carbocycles. The van der Waals surface area contributed by atoms with Gasteiger partial charge in [0.25, 0.3) is 11.8 Å². The van der Waals surface area contributed by atoms with Gasteiger partial charge in [-0.05, 0) is 30.7 Å². The molecule has 0 radical (unpaired) electrons. The highest BCUT2D eigenvalue weighted by Crippen LogP contribution is 2.32. The summed E-state index contributed by atoms with van der Waals surface area (Å²) in [5.74, 6) is -6.73. The number of esters is 1. The van der Waals surface area contributed by atoms with Crippen LogP contribution < -0.4 is 11.1 Å². The molecule has 2 aliphatic heterocycles. The van der Waals surface area contributed by atoms with Crippen LogP contribution in [0.5, 0.6) is 0 Å². The Morgan fingerprint density at radius 3 is 2.52 bits per heavy atom. The molecule has 40 heavy (non-hydrogen) atoms. The van der Waals surface area contributed by atoms with Crippen LogP contribution >= 0.6 is 11.6 Å². The second kappa shape index (κ2) is 13.0. The lowest BCUT2D eigenvalue weighted by Gasteiger charge is -2.25. The fraction of sp³-hybridized carbons (Fsp3) is 0.385. The molecule has 14 heteroatoms. The number of nitrogen functional groups attached to an aromatic ring is 1. The largest absolute Gasteiger partial charge is 0.669 e. The Morgan fingerprint density at radius 2 is 1.95 bits per heavy atom. The van der Waals surface area contributed by atoms with E-state index in [1.165, 1.54) is 25.1 Å². The van der Waals surface area contributed by atoms with Crippen LogP contribution in [0, 0.1) is 0 Å². The molecule has 0 spiro atoms. The summed E-state index contributed by atoms with van der Waals surface area (Å²) in [5.41, 5.74) is 14.5. The predicted octanol–water partition coefficient (Wildman–Crippen LogP) is 3.26. The number of nitrogens with one attached hydrogen (secondary N) is 2. The number of amides is 2. The van der Waals surface area contributed by atoms with Gasteiger partial charge >= 0.3 is 11.9 Å². The average molecular weight is 582 g/mol. The van der Waals surface area contributed by atoms with Gasteiger partial charge in [0.05, 0.1) is 23.9 Å². The van der Waals surface area contributed by atoms with Crippen LogP contribution in [0.15, 0.2) is 48.5 Å². The number of anilines is 1. The van der Waals surface area contributed by atoms with E-state index in [4.69, 9.17) is 37.6 Å². The number of likely N-dealkylation sites (tertiary alicyclic amines) is 1. The number of cyclic esters (lactones) is 1. The first-order valence-corrected chi connectivity index (χ1v) is 12.5. The molecule has 0 bridgehead atoms. The Labute approximate surface area is 233 Å². The number of rotatable bonds is 7. The van der Waals surface area contributed by atoms with Gasteiger partial charge in [-0.2, -0.15) is 0 Å². The molecule has 2 saturated heterocycles. The molecule has 2 aliphatic rings. The first kappa shape index (κ1) is 30.7. The lowest BCUT2D eigenvalue weighted by atomic mass is 10.1. The smallest absolute Gasteiger partial charge is 0.326 e. The van der Waals surface area contributed by atoms with Crippen LogP contribution in [0.25, 0.3) is 5.73 Å². The molecule has 4 unspecified atom stereocenters. The highest BCUT2D eigenvalue weighted by atomic mass is 35.5. The van der Waals surface area contributed by atoms with Gasteiger partial charge in [-0.3, -0.25) is 14.4 Å². The Morgan fingerprint density at radius 1 is 1.27 bits per heavy atom. The van der Waals surface area contributed by atoms with E-state index in [9.17, 15) is 28.0 Å². The first-order chi connectivity index (χ1) is 18.8. The van der Waals surface area contributed by atoms with Crippen molar-refractivity contribution in [2.75, 3.05) is 12.3 Å². The zero-order chi connectivity index (χ0) is 29.6. The second-order valence-corrected chi connectivity index (χ2v) is 9.68. The van der Waals surface area contributed by atoms with E-state index in [1.54, 1.807) is 0 Å². The first-order valence-electron chi connectivity index (χ1n) is 12.1. The molecule has 0 aliphatic carbocycles. The second-order valence-electron chi connectivity index (χ2n) is 9.28. The van der Waals surface area contributed by atoms with Gasteiger partial charge in [-0.15, -0.1) is 0 Å². The number of halogens is 3. The molecule has 2 fully saturated rings. The number of aliphatic carboxylic acids is 1.